The van der Waals surface area contributed by atoms with Gasteiger partial charge in [0.2, 0.25) is 5.28 Å². The number of nitrogens with zero attached hydrogens (tertiary/aromatic N) is 3. The van der Waals surface area contributed by atoms with Crippen molar-refractivity contribution in [3.8, 4) is 11.3 Å². The Hall–Kier alpha value is -1.99. The predicted molar refractivity (Wildman–Crippen MR) is 89.3 cm³/mol. The Kier molecular flexibility index (Phi) is 4.56. The van der Waals surface area contributed by atoms with Gasteiger partial charge in [-0.15, -0.1) is 0 Å². The number of imidazole rings is 1. The second kappa shape index (κ2) is 6.49. The van der Waals surface area contributed by atoms with Crippen LogP contribution in [0.4, 0.5) is 0 Å². The van der Waals surface area contributed by atoms with Gasteiger partial charge in [-0.3, -0.25) is 10.1 Å². The molecule has 2 N–H and O–H groups in total. The first-order chi connectivity index (χ1) is 11.3. The number of H-pyrrole nitrogens is 1. The van der Waals surface area contributed by atoms with Gasteiger partial charge in [0.1, 0.15) is 5.82 Å². The number of ether oxygens (including phenoxy) is 1. The molecule has 1 fully saturated rings. The number of carbonyl (C=O) groups is 1. The predicted octanol–water partition coefficient (Wildman–Crippen LogP) is 2.51. The molecule has 0 radical (unpaired) electrons. The smallest absolute Gasteiger partial charge is 0.312 e. The fourth-order valence-electron chi connectivity index (χ4n) is 2.49. The summed E-state index contributed by atoms with van der Waals surface area (Å²) in [6.45, 7) is 6.29. The number of aromatic amines is 1. The first-order valence-electron chi connectivity index (χ1n) is 7.82. The molecule has 0 amide bonds. The average Bonchev–Trinajstić information content (AvgIpc) is 3.15. The van der Waals surface area contributed by atoms with Crippen LogP contribution in [0.3, 0.4) is 0 Å². The fourth-order valence-corrected chi connectivity index (χ4v) is 2.59. The van der Waals surface area contributed by atoms with Crippen LogP contribution < -0.4 is 5.32 Å². The molecular weight excluding hydrogens is 330 g/mol. The van der Waals surface area contributed by atoms with Gasteiger partial charge < -0.3 is 9.72 Å². The lowest BCUT2D eigenvalue weighted by atomic mass is 9.97. The summed E-state index contributed by atoms with van der Waals surface area (Å²) in [4.78, 5) is 27.8. The molecule has 2 aromatic rings. The number of hydrogen-bond donors (Lipinski definition) is 2. The molecule has 0 saturated carbocycles. The molecule has 0 spiro atoms. The Morgan fingerprint density at radius 3 is 2.62 bits per heavy atom. The zero-order valence-corrected chi connectivity index (χ0v) is 14.6. The van der Waals surface area contributed by atoms with Crippen LogP contribution in [0.15, 0.2) is 18.6 Å². The summed E-state index contributed by atoms with van der Waals surface area (Å²) in [6, 6.07) is 0. The van der Waals surface area contributed by atoms with E-state index in [2.05, 4.69) is 25.3 Å². The van der Waals surface area contributed by atoms with Crippen molar-refractivity contribution in [2.45, 2.75) is 39.3 Å². The third-order valence-corrected chi connectivity index (χ3v) is 4.09. The van der Waals surface area contributed by atoms with Crippen molar-refractivity contribution >= 4 is 17.6 Å². The van der Waals surface area contributed by atoms with Crippen LogP contribution in [0, 0.1) is 5.41 Å². The molecule has 0 aliphatic carbocycles. The molecule has 7 nitrogen and oxygen atoms in total. The van der Waals surface area contributed by atoms with E-state index in [9.17, 15) is 4.79 Å². The van der Waals surface area contributed by atoms with Crippen molar-refractivity contribution in [1.29, 1.82) is 0 Å². The summed E-state index contributed by atoms with van der Waals surface area (Å²) in [6.07, 6.45) is 5.46. The zero-order chi connectivity index (χ0) is 17.3. The number of esters is 1. The van der Waals surface area contributed by atoms with Crippen molar-refractivity contribution in [1.82, 2.24) is 25.3 Å². The fraction of sp³-hybridized carbons (Fsp3) is 0.500. The van der Waals surface area contributed by atoms with Gasteiger partial charge in [0.25, 0.3) is 0 Å². The SMILES string of the molecule is CC(C)(C)C(=O)OC1NCC[C@H]1c1ncc(-c2cnc(Cl)nc2)[nH]1. The molecule has 3 heterocycles. The van der Waals surface area contributed by atoms with Crippen LogP contribution in [-0.4, -0.2) is 38.7 Å². The highest BCUT2D eigenvalue weighted by atomic mass is 35.5. The first-order valence-corrected chi connectivity index (χ1v) is 8.19. The minimum atomic E-state index is -0.538. The van der Waals surface area contributed by atoms with Gasteiger partial charge in [-0.2, -0.15) is 0 Å². The van der Waals surface area contributed by atoms with E-state index in [-0.39, 0.29) is 23.4 Å². The zero-order valence-electron chi connectivity index (χ0n) is 13.8. The number of carbonyl (C=O) groups excluding carboxylic acids is 1. The van der Waals surface area contributed by atoms with Gasteiger partial charge in [0.05, 0.1) is 23.2 Å². The first kappa shape index (κ1) is 16.9. The maximum absolute atomic E-state index is 12.1. The lowest BCUT2D eigenvalue weighted by Gasteiger charge is -2.23. The van der Waals surface area contributed by atoms with Crippen molar-refractivity contribution in [2.75, 3.05) is 6.54 Å². The molecule has 24 heavy (non-hydrogen) atoms. The Bertz CT molecular complexity index is 723. The number of aromatic nitrogens is 4. The molecule has 0 aromatic carbocycles. The molecule has 3 rings (SSSR count). The van der Waals surface area contributed by atoms with Gasteiger partial charge in [-0.05, 0) is 45.3 Å². The maximum atomic E-state index is 12.1. The standard InChI is InChI=1S/C16H20ClN5O2/c1-16(2,3)14(23)24-13-10(4-5-18-13)12-19-8-11(22-12)9-6-20-15(17)21-7-9/h6-8,10,13,18H,4-5H2,1-3H3,(H,19,22)/t10-,13?/m0/s1. The summed E-state index contributed by atoms with van der Waals surface area (Å²) in [5.41, 5.74) is 1.06. The number of nitrogens with one attached hydrogen (secondary N) is 2. The maximum Gasteiger partial charge on any atom is 0.312 e. The Morgan fingerprint density at radius 1 is 1.25 bits per heavy atom. The van der Waals surface area contributed by atoms with Crippen molar-refractivity contribution in [3.05, 3.63) is 29.7 Å². The van der Waals surface area contributed by atoms with Gasteiger partial charge in [0, 0.05) is 18.0 Å². The van der Waals surface area contributed by atoms with E-state index in [1.54, 1.807) is 18.6 Å². The van der Waals surface area contributed by atoms with E-state index >= 15 is 0 Å². The van der Waals surface area contributed by atoms with Gasteiger partial charge in [-0.1, -0.05) is 0 Å². The average molecular weight is 350 g/mol. The second-order valence-electron chi connectivity index (χ2n) is 6.85. The lowest BCUT2D eigenvalue weighted by molar-refractivity contribution is -0.160. The van der Waals surface area contributed by atoms with E-state index in [0.29, 0.717) is 0 Å². The van der Waals surface area contributed by atoms with Crippen LogP contribution in [0.2, 0.25) is 5.28 Å². The minimum Gasteiger partial charge on any atom is -0.445 e. The summed E-state index contributed by atoms with van der Waals surface area (Å²) in [7, 11) is 0. The number of hydrogen-bond acceptors (Lipinski definition) is 6. The molecule has 1 saturated heterocycles. The highest BCUT2D eigenvalue weighted by Gasteiger charge is 2.36. The van der Waals surface area contributed by atoms with Crippen LogP contribution in [0.5, 0.6) is 0 Å². The van der Waals surface area contributed by atoms with Crippen molar-refractivity contribution in [2.24, 2.45) is 5.41 Å². The summed E-state index contributed by atoms with van der Waals surface area (Å²) in [5.74, 6) is 0.528. The van der Waals surface area contributed by atoms with Crippen molar-refractivity contribution in [3.63, 3.8) is 0 Å². The largest absolute Gasteiger partial charge is 0.445 e. The molecule has 0 bridgehead atoms. The summed E-state index contributed by atoms with van der Waals surface area (Å²) in [5, 5.41) is 3.42. The lowest BCUT2D eigenvalue weighted by Crippen LogP contribution is -2.36. The van der Waals surface area contributed by atoms with Gasteiger partial charge >= 0.3 is 5.97 Å². The molecule has 1 aliphatic heterocycles. The normalized spacial score (nSPS) is 21.0. The third-order valence-electron chi connectivity index (χ3n) is 3.89. The molecule has 8 heteroatoms. The van der Waals surface area contributed by atoms with E-state index in [1.165, 1.54) is 0 Å². The van der Waals surface area contributed by atoms with Crippen LogP contribution in [0.25, 0.3) is 11.3 Å². The highest BCUT2D eigenvalue weighted by molar-refractivity contribution is 6.28. The highest BCUT2D eigenvalue weighted by Crippen LogP contribution is 2.30. The molecular formula is C16H20ClN5O2. The van der Waals surface area contributed by atoms with Crippen molar-refractivity contribution < 1.29 is 9.53 Å². The topological polar surface area (TPSA) is 92.8 Å². The Labute approximate surface area is 145 Å². The number of halogens is 1. The summed E-state index contributed by atoms with van der Waals surface area (Å²) < 4.78 is 5.62. The van der Waals surface area contributed by atoms with Gasteiger partial charge in [0.15, 0.2) is 6.23 Å². The Morgan fingerprint density at radius 2 is 1.96 bits per heavy atom. The van der Waals surface area contributed by atoms with Crippen LogP contribution >= 0.6 is 11.6 Å². The van der Waals surface area contributed by atoms with Crippen LogP contribution in [-0.2, 0) is 9.53 Å². The third kappa shape index (κ3) is 3.57. The van der Waals surface area contributed by atoms with Gasteiger partial charge in [-0.25, -0.2) is 15.0 Å². The minimum absolute atomic E-state index is 0.0155. The van der Waals surface area contributed by atoms with E-state index < -0.39 is 5.41 Å². The van der Waals surface area contributed by atoms with E-state index in [1.807, 2.05) is 20.8 Å². The molecule has 2 atom stereocenters. The molecule has 1 aliphatic rings. The molecule has 1 unspecified atom stereocenters. The monoisotopic (exact) mass is 349 g/mol. The summed E-state index contributed by atoms with van der Waals surface area (Å²) >= 11 is 5.71. The Balaban J connectivity index is 1.76. The van der Waals surface area contributed by atoms with E-state index in [4.69, 9.17) is 16.3 Å². The quantitative estimate of drug-likeness (QED) is 0.653. The number of rotatable bonds is 3. The second-order valence-corrected chi connectivity index (χ2v) is 7.19. The molecule has 128 valence electrons. The van der Waals surface area contributed by atoms with E-state index in [0.717, 1.165) is 30.0 Å². The molecule has 2 aromatic heterocycles. The van der Waals surface area contributed by atoms with Crippen LogP contribution in [0.1, 0.15) is 38.9 Å².